The Morgan fingerprint density at radius 2 is 1.89 bits per heavy atom. The summed E-state index contributed by atoms with van der Waals surface area (Å²) in [5.41, 5.74) is 3.07. The van der Waals surface area contributed by atoms with Crippen LogP contribution in [0.2, 0.25) is 5.02 Å². The lowest BCUT2D eigenvalue weighted by Gasteiger charge is -2.08. The molecular formula is C14H14Cl2N2. The molecule has 94 valence electrons. The first-order valence-corrected chi connectivity index (χ1v) is 6.58. The maximum absolute atomic E-state index is 6.04. The molecule has 0 radical (unpaired) electrons. The van der Waals surface area contributed by atoms with Crippen molar-refractivity contribution in [3.8, 4) is 0 Å². The molecule has 0 bridgehead atoms. The number of alkyl halides is 1. The normalized spacial score (nSPS) is 12.4. The second kappa shape index (κ2) is 5.68. The highest BCUT2D eigenvalue weighted by atomic mass is 35.5. The Balaban J connectivity index is 2.20. The van der Waals surface area contributed by atoms with Crippen LogP contribution < -0.4 is 0 Å². The summed E-state index contributed by atoms with van der Waals surface area (Å²) in [5.74, 6) is 0.802. The quantitative estimate of drug-likeness (QED) is 0.782. The van der Waals surface area contributed by atoms with E-state index >= 15 is 0 Å². The van der Waals surface area contributed by atoms with Crippen LogP contribution in [0.4, 0.5) is 0 Å². The first-order chi connectivity index (χ1) is 8.56. The van der Waals surface area contributed by atoms with Gasteiger partial charge in [0.1, 0.15) is 5.82 Å². The predicted octanol–water partition coefficient (Wildman–Crippen LogP) is 4.33. The Labute approximate surface area is 117 Å². The molecule has 1 unspecified atom stereocenters. The van der Waals surface area contributed by atoms with Crippen molar-refractivity contribution < 1.29 is 0 Å². The molecule has 0 amide bonds. The van der Waals surface area contributed by atoms with Gasteiger partial charge in [-0.15, -0.1) is 11.6 Å². The van der Waals surface area contributed by atoms with Crippen molar-refractivity contribution >= 4 is 23.2 Å². The second-order valence-electron chi connectivity index (χ2n) is 4.25. The lowest BCUT2D eigenvalue weighted by Crippen LogP contribution is -2.02. The third-order valence-corrected chi connectivity index (χ3v) is 3.26. The van der Waals surface area contributed by atoms with Gasteiger partial charge in [0.05, 0.1) is 5.38 Å². The molecule has 18 heavy (non-hydrogen) atoms. The molecule has 1 atom stereocenters. The molecule has 2 aromatic rings. The third kappa shape index (κ3) is 3.21. The molecule has 0 aliphatic heterocycles. The molecule has 1 aromatic carbocycles. The summed E-state index contributed by atoms with van der Waals surface area (Å²) >= 11 is 11.9. The largest absolute Gasteiger partial charge is 0.241 e. The summed E-state index contributed by atoms with van der Waals surface area (Å²) in [6.45, 7) is 3.88. The van der Waals surface area contributed by atoms with Gasteiger partial charge in [-0.2, -0.15) is 0 Å². The minimum Gasteiger partial charge on any atom is -0.241 e. The van der Waals surface area contributed by atoms with Crippen LogP contribution in [0.1, 0.15) is 34.9 Å². The maximum Gasteiger partial charge on any atom is 0.132 e. The number of hydrogen-bond acceptors (Lipinski definition) is 2. The van der Waals surface area contributed by atoms with Gasteiger partial charge in [0.15, 0.2) is 0 Å². The Kier molecular flexibility index (Phi) is 4.20. The molecule has 0 spiro atoms. The molecule has 0 aliphatic carbocycles. The van der Waals surface area contributed by atoms with Crippen molar-refractivity contribution in [2.75, 3.05) is 0 Å². The number of benzene rings is 1. The number of aromatic nitrogens is 2. The average molecular weight is 281 g/mol. The van der Waals surface area contributed by atoms with Gasteiger partial charge in [-0.3, -0.25) is 0 Å². The molecule has 1 aromatic heterocycles. The zero-order valence-electron chi connectivity index (χ0n) is 10.3. The monoisotopic (exact) mass is 280 g/mol. The van der Waals surface area contributed by atoms with Crippen molar-refractivity contribution in [1.82, 2.24) is 9.97 Å². The van der Waals surface area contributed by atoms with Crippen LogP contribution in [-0.2, 0) is 6.42 Å². The third-order valence-electron chi connectivity index (χ3n) is 2.77. The molecule has 0 aliphatic rings. The van der Waals surface area contributed by atoms with Crippen LogP contribution >= 0.6 is 23.2 Å². The summed E-state index contributed by atoms with van der Waals surface area (Å²) in [5, 5.41) is 0.678. The fraction of sp³-hybridized carbons (Fsp3) is 0.286. The van der Waals surface area contributed by atoms with Gasteiger partial charge >= 0.3 is 0 Å². The van der Waals surface area contributed by atoms with E-state index in [1.54, 1.807) is 0 Å². The Hall–Kier alpha value is -1.12. The van der Waals surface area contributed by atoms with E-state index in [1.807, 2.05) is 44.3 Å². The van der Waals surface area contributed by atoms with Gasteiger partial charge in [-0.25, -0.2) is 9.97 Å². The topological polar surface area (TPSA) is 25.8 Å². The zero-order valence-corrected chi connectivity index (χ0v) is 11.8. The van der Waals surface area contributed by atoms with E-state index in [4.69, 9.17) is 23.2 Å². The molecule has 0 saturated carbocycles. The van der Waals surface area contributed by atoms with Crippen LogP contribution in [0, 0.1) is 6.92 Å². The van der Waals surface area contributed by atoms with Gasteiger partial charge in [0.25, 0.3) is 0 Å². The van der Waals surface area contributed by atoms with Crippen molar-refractivity contribution in [3.05, 3.63) is 58.1 Å². The number of halogens is 2. The van der Waals surface area contributed by atoms with E-state index < -0.39 is 0 Å². The van der Waals surface area contributed by atoms with Crippen molar-refractivity contribution in [1.29, 1.82) is 0 Å². The lowest BCUT2D eigenvalue weighted by molar-refractivity contribution is 0.895. The van der Waals surface area contributed by atoms with Crippen LogP contribution in [0.25, 0.3) is 0 Å². The first kappa shape index (κ1) is 13.3. The SMILES string of the molecule is Cc1nc(Cc2ccc(Cl)cc2)ncc1C(C)Cl. The smallest absolute Gasteiger partial charge is 0.132 e. The molecule has 2 nitrogen and oxygen atoms in total. The zero-order chi connectivity index (χ0) is 13.1. The average Bonchev–Trinajstić information content (AvgIpc) is 2.32. The standard InChI is InChI=1S/C14H14Cl2N2/c1-9(15)13-8-17-14(18-10(13)2)7-11-3-5-12(16)6-4-11/h3-6,8-9H,7H2,1-2H3. The number of rotatable bonds is 3. The Morgan fingerprint density at radius 1 is 1.22 bits per heavy atom. The van der Waals surface area contributed by atoms with E-state index in [9.17, 15) is 0 Å². The van der Waals surface area contributed by atoms with E-state index in [0.717, 1.165) is 27.7 Å². The highest BCUT2D eigenvalue weighted by Gasteiger charge is 2.08. The van der Waals surface area contributed by atoms with E-state index in [-0.39, 0.29) is 5.38 Å². The summed E-state index contributed by atoms with van der Waals surface area (Å²) in [6, 6.07) is 7.72. The van der Waals surface area contributed by atoms with E-state index in [0.29, 0.717) is 6.42 Å². The van der Waals surface area contributed by atoms with Gasteiger partial charge in [0.2, 0.25) is 0 Å². The van der Waals surface area contributed by atoms with Gasteiger partial charge in [-0.1, -0.05) is 23.7 Å². The fourth-order valence-corrected chi connectivity index (χ4v) is 2.13. The second-order valence-corrected chi connectivity index (χ2v) is 5.34. The number of nitrogens with zero attached hydrogens (tertiary/aromatic N) is 2. The molecule has 0 saturated heterocycles. The minimum absolute atomic E-state index is 0.0606. The molecule has 4 heteroatoms. The van der Waals surface area contributed by atoms with Crippen molar-refractivity contribution in [3.63, 3.8) is 0 Å². The minimum atomic E-state index is -0.0606. The summed E-state index contributed by atoms with van der Waals surface area (Å²) in [7, 11) is 0. The molecule has 2 rings (SSSR count). The number of hydrogen-bond donors (Lipinski definition) is 0. The molecule has 0 fully saturated rings. The first-order valence-electron chi connectivity index (χ1n) is 5.77. The van der Waals surface area contributed by atoms with Crippen LogP contribution in [0.3, 0.4) is 0 Å². The highest BCUT2D eigenvalue weighted by Crippen LogP contribution is 2.21. The van der Waals surface area contributed by atoms with Crippen molar-refractivity contribution in [2.45, 2.75) is 25.6 Å². The van der Waals surface area contributed by atoms with Crippen LogP contribution in [0.15, 0.2) is 30.5 Å². The van der Waals surface area contributed by atoms with Gasteiger partial charge in [-0.05, 0) is 31.5 Å². The van der Waals surface area contributed by atoms with Crippen molar-refractivity contribution in [2.24, 2.45) is 0 Å². The molecule has 0 N–H and O–H groups in total. The maximum atomic E-state index is 6.04. The summed E-state index contributed by atoms with van der Waals surface area (Å²) in [6.07, 6.45) is 2.51. The summed E-state index contributed by atoms with van der Waals surface area (Å²) < 4.78 is 0. The summed E-state index contributed by atoms with van der Waals surface area (Å²) in [4.78, 5) is 8.83. The lowest BCUT2D eigenvalue weighted by atomic mass is 10.1. The predicted molar refractivity (Wildman–Crippen MR) is 75.3 cm³/mol. The Morgan fingerprint density at radius 3 is 2.44 bits per heavy atom. The fourth-order valence-electron chi connectivity index (χ4n) is 1.79. The van der Waals surface area contributed by atoms with Crippen LogP contribution in [-0.4, -0.2) is 9.97 Å². The van der Waals surface area contributed by atoms with Crippen LogP contribution in [0.5, 0.6) is 0 Å². The molecule has 1 heterocycles. The van der Waals surface area contributed by atoms with E-state index in [1.165, 1.54) is 0 Å². The highest BCUT2D eigenvalue weighted by molar-refractivity contribution is 6.30. The number of aryl methyl sites for hydroxylation is 1. The van der Waals surface area contributed by atoms with Gasteiger partial charge < -0.3 is 0 Å². The van der Waals surface area contributed by atoms with E-state index in [2.05, 4.69) is 9.97 Å². The van der Waals surface area contributed by atoms with Gasteiger partial charge in [0, 0.05) is 28.9 Å². The molecular weight excluding hydrogens is 267 g/mol. The Bertz CT molecular complexity index is 536.